The quantitative estimate of drug-likeness (QED) is 0.875. The van der Waals surface area contributed by atoms with Crippen molar-refractivity contribution >= 4 is 16.9 Å². The van der Waals surface area contributed by atoms with Gasteiger partial charge in [0.05, 0.1) is 10.9 Å². The van der Waals surface area contributed by atoms with E-state index in [1.165, 1.54) is 30.3 Å². The van der Waals surface area contributed by atoms with Crippen molar-refractivity contribution in [3.63, 3.8) is 0 Å². The SMILES string of the molecule is Cn1c(=O)c2cc(C(=O)NCC3CCC3)cnc2n(C)c1=O. The Morgan fingerprint density at radius 2 is 2.05 bits per heavy atom. The van der Waals surface area contributed by atoms with Crippen LogP contribution in [0.2, 0.25) is 0 Å². The normalized spacial score (nSPS) is 14.8. The Morgan fingerprint density at radius 3 is 2.68 bits per heavy atom. The number of aromatic nitrogens is 3. The van der Waals surface area contributed by atoms with Crippen LogP contribution in [-0.4, -0.2) is 26.6 Å². The first-order valence-electron chi connectivity index (χ1n) is 7.33. The fourth-order valence-corrected chi connectivity index (χ4v) is 2.63. The summed E-state index contributed by atoms with van der Waals surface area (Å²) < 4.78 is 2.31. The molecule has 3 rings (SSSR count). The molecule has 0 aromatic carbocycles. The van der Waals surface area contributed by atoms with Gasteiger partial charge in [0.25, 0.3) is 11.5 Å². The number of nitrogens with one attached hydrogen (secondary N) is 1. The number of rotatable bonds is 3. The molecule has 7 heteroatoms. The first-order valence-corrected chi connectivity index (χ1v) is 7.33. The number of nitrogens with zero attached hydrogens (tertiary/aromatic N) is 3. The van der Waals surface area contributed by atoms with Gasteiger partial charge in [-0.25, -0.2) is 9.78 Å². The lowest BCUT2D eigenvalue weighted by Crippen LogP contribution is -2.37. The van der Waals surface area contributed by atoms with Gasteiger partial charge in [-0.15, -0.1) is 0 Å². The maximum atomic E-state index is 12.2. The first-order chi connectivity index (χ1) is 10.5. The van der Waals surface area contributed by atoms with E-state index < -0.39 is 11.2 Å². The van der Waals surface area contributed by atoms with E-state index in [-0.39, 0.29) is 16.9 Å². The number of pyridine rings is 1. The summed E-state index contributed by atoms with van der Waals surface area (Å²) in [5.74, 6) is 0.322. The van der Waals surface area contributed by atoms with Crippen molar-refractivity contribution in [2.75, 3.05) is 6.54 Å². The molecule has 0 radical (unpaired) electrons. The first kappa shape index (κ1) is 14.5. The van der Waals surface area contributed by atoms with Gasteiger partial charge in [0.1, 0.15) is 5.65 Å². The number of carbonyl (C=O) groups excluding carboxylic acids is 1. The van der Waals surface area contributed by atoms with Crippen LogP contribution >= 0.6 is 0 Å². The van der Waals surface area contributed by atoms with E-state index in [4.69, 9.17) is 0 Å². The van der Waals surface area contributed by atoms with Crippen LogP contribution in [0, 0.1) is 5.92 Å². The van der Waals surface area contributed by atoms with Gasteiger partial charge in [-0.05, 0) is 24.8 Å². The smallest absolute Gasteiger partial charge is 0.332 e. The monoisotopic (exact) mass is 302 g/mol. The second-order valence-corrected chi connectivity index (χ2v) is 5.81. The Hall–Kier alpha value is -2.44. The van der Waals surface area contributed by atoms with Gasteiger partial charge in [0.2, 0.25) is 0 Å². The molecule has 2 aromatic rings. The molecule has 0 atom stereocenters. The molecule has 0 aliphatic heterocycles. The van der Waals surface area contributed by atoms with Gasteiger partial charge in [-0.3, -0.25) is 18.7 Å². The molecule has 22 heavy (non-hydrogen) atoms. The third-order valence-corrected chi connectivity index (χ3v) is 4.33. The third-order valence-electron chi connectivity index (χ3n) is 4.33. The second kappa shape index (κ2) is 5.40. The van der Waals surface area contributed by atoms with Gasteiger partial charge in [0, 0.05) is 26.8 Å². The van der Waals surface area contributed by atoms with Crippen LogP contribution in [-0.2, 0) is 14.1 Å². The van der Waals surface area contributed by atoms with Crippen LogP contribution in [0.4, 0.5) is 0 Å². The number of fused-ring (bicyclic) bond motifs is 1. The van der Waals surface area contributed by atoms with E-state index in [1.807, 2.05) is 0 Å². The lowest BCUT2D eigenvalue weighted by Gasteiger charge is -2.25. The summed E-state index contributed by atoms with van der Waals surface area (Å²) in [4.78, 5) is 40.3. The van der Waals surface area contributed by atoms with Gasteiger partial charge in [0.15, 0.2) is 0 Å². The topological polar surface area (TPSA) is 86.0 Å². The summed E-state index contributed by atoms with van der Waals surface area (Å²) in [6, 6.07) is 1.50. The Kier molecular flexibility index (Phi) is 3.56. The summed E-state index contributed by atoms with van der Waals surface area (Å²) in [6.45, 7) is 0.655. The molecule has 1 amide bonds. The van der Waals surface area contributed by atoms with Crippen molar-refractivity contribution in [3.05, 3.63) is 38.7 Å². The van der Waals surface area contributed by atoms with E-state index in [9.17, 15) is 14.4 Å². The van der Waals surface area contributed by atoms with E-state index in [2.05, 4.69) is 10.3 Å². The highest BCUT2D eigenvalue weighted by Crippen LogP contribution is 2.25. The molecule has 0 bridgehead atoms. The minimum atomic E-state index is -0.445. The zero-order chi connectivity index (χ0) is 15.9. The molecule has 0 spiro atoms. The minimum Gasteiger partial charge on any atom is -0.352 e. The summed E-state index contributed by atoms with van der Waals surface area (Å²) in [5.41, 5.74) is -0.266. The van der Waals surface area contributed by atoms with Crippen molar-refractivity contribution in [2.45, 2.75) is 19.3 Å². The molecule has 0 unspecified atom stereocenters. The zero-order valence-electron chi connectivity index (χ0n) is 12.6. The van der Waals surface area contributed by atoms with Crippen molar-refractivity contribution in [1.29, 1.82) is 0 Å². The summed E-state index contributed by atoms with van der Waals surface area (Å²) in [5, 5.41) is 3.13. The van der Waals surface area contributed by atoms with E-state index in [1.54, 1.807) is 7.05 Å². The highest BCUT2D eigenvalue weighted by molar-refractivity contribution is 5.96. The van der Waals surface area contributed by atoms with Gasteiger partial charge in [-0.1, -0.05) is 6.42 Å². The van der Waals surface area contributed by atoms with Crippen molar-refractivity contribution in [1.82, 2.24) is 19.4 Å². The van der Waals surface area contributed by atoms with E-state index in [0.717, 1.165) is 17.4 Å². The highest BCUT2D eigenvalue weighted by Gasteiger charge is 2.19. The molecule has 1 N–H and O–H groups in total. The number of hydrogen-bond acceptors (Lipinski definition) is 4. The van der Waals surface area contributed by atoms with Crippen molar-refractivity contribution in [2.24, 2.45) is 20.0 Å². The van der Waals surface area contributed by atoms with Gasteiger partial charge < -0.3 is 5.32 Å². The molecular formula is C15H18N4O3. The summed E-state index contributed by atoms with van der Waals surface area (Å²) in [6.07, 6.45) is 4.93. The molecule has 116 valence electrons. The number of aryl methyl sites for hydroxylation is 1. The van der Waals surface area contributed by atoms with Gasteiger partial charge >= 0.3 is 5.69 Å². The lowest BCUT2D eigenvalue weighted by molar-refractivity contribution is 0.0939. The summed E-state index contributed by atoms with van der Waals surface area (Å²) in [7, 11) is 2.96. The molecular weight excluding hydrogens is 284 g/mol. The maximum Gasteiger partial charge on any atom is 0.332 e. The summed E-state index contributed by atoms with van der Waals surface area (Å²) >= 11 is 0. The molecule has 1 aliphatic carbocycles. The second-order valence-electron chi connectivity index (χ2n) is 5.81. The Bertz CT molecular complexity index is 861. The lowest BCUT2D eigenvalue weighted by atomic mass is 9.85. The van der Waals surface area contributed by atoms with E-state index in [0.29, 0.717) is 18.0 Å². The predicted octanol–water partition coefficient (Wildman–Crippen LogP) is 0.162. The maximum absolute atomic E-state index is 12.2. The Balaban J connectivity index is 1.97. The fraction of sp³-hybridized carbons (Fsp3) is 0.467. The van der Waals surface area contributed by atoms with Crippen molar-refractivity contribution in [3.8, 4) is 0 Å². The fourth-order valence-electron chi connectivity index (χ4n) is 2.63. The molecule has 1 fully saturated rings. The molecule has 2 aromatic heterocycles. The van der Waals surface area contributed by atoms with Crippen LogP contribution in [0.5, 0.6) is 0 Å². The number of amides is 1. The van der Waals surface area contributed by atoms with E-state index >= 15 is 0 Å². The molecule has 1 aliphatic rings. The average molecular weight is 302 g/mol. The molecule has 0 saturated heterocycles. The molecule has 2 heterocycles. The molecule has 1 saturated carbocycles. The molecule has 7 nitrogen and oxygen atoms in total. The predicted molar refractivity (Wildman–Crippen MR) is 81.9 cm³/mol. The van der Waals surface area contributed by atoms with Crippen LogP contribution in [0.3, 0.4) is 0 Å². The zero-order valence-corrected chi connectivity index (χ0v) is 12.6. The highest BCUT2D eigenvalue weighted by atomic mass is 16.2. The minimum absolute atomic E-state index is 0.239. The number of hydrogen-bond donors (Lipinski definition) is 1. The van der Waals surface area contributed by atoms with Crippen LogP contribution in [0.1, 0.15) is 29.6 Å². The van der Waals surface area contributed by atoms with Crippen LogP contribution in [0.15, 0.2) is 21.9 Å². The Labute approximate surface area is 126 Å². The van der Waals surface area contributed by atoms with Crippen molar-refractivity contribution < 1.29 is 4.79 Å². The number of carbonyl (C=O) groups is 1. The van der Waals surface area contributed by atoms with Gasteiger partial charge in [-0.2, -0.15) is 0 Å². The standard InChI is InChI=1S/C15H18N4O3/c1-18-12-11(14(21)19(2)15(18)22)6-10(8-16-12)13(20)17-7-9-4-3-5-9/h6,8-9H,3-5,7H2,1-2H3,(H,17,20). The Morgan fingerprint density at radius 1 is 1.32 bits per heavy atom. The van der Waals surface area contributed by atoms with Crippen LogP contribution < -0.4 is 16.6 Å². The average Bonchev–Trinajstić information content (AvgIpc) is 2.48. The van der Waals surface area contributed by atoms with Crippen LogP contribution in [0.25, 0.3) is 11.0 Å². The largest absolute Gasteiger partial charge is 0.352 e. The third kappa shape index (κ3) is 2.32.